The van der Waals surface area contributed by atoms with Gasteiger partial charge in [0.1, 0.15) is 0 Å². The number of carboxylic acids is 1. The highest BCUT2D eigenvalue weighted by Crippen LogP contribution is 2.37. The second kappa shape index (κ2) is 4.78. The molecule has 1 aromatic carbocycles. The molecule has 3 nitrogen and oxygen atoms in total. The molecule has 0 unspecified atom stereocenters. The van der Waals surface area contributed by atoms with Gasteiger partial charge in [-0.25, -0.2) is 4.79 Å². The van der Waals surface area contributed by atoms with Crippen molar-refractivity contribution in [2.24, 2.45) is 5.41 Å². The predicted molar refractivity (Wildman–Crippen MR) is 68.5 cm³/mol. The number of aromatic carboxylic acids is 1. The Morgan fingerprint density at radius 2 is 1.88 bits per heavy atom. The lowest BCUT2D eigenvalue weighted by Gasteiger charge is -2.24. The zero-order chi connectivity index (χ0) is 12.3. The lowest BCUT2D eigenvalue weighted by Crippen LogP contribution is -2.22. The van der Waals surface area contributed by atoms with Gasteiger partial charge in [0.05, 0.1) is 5.56 Å². The van der Waals surface area contributed by atoms with Crippen molar-refractivity contribution in [3.63, 3.8) is 0 Å². The molecule has 0 aromatic heterocycles. The zero-order valence-corrected chi connectivity index (χ0v) is 10.2. The maximum absolute atomic E-state index is 10.7. The smallest absolute Gasteiger partial charge is 0.335 e. The van der Waals surface area contributed by atoms with Crippen molar-refractivity contribution >= 4 is 11.7 Å². The number of rotatable bonds is 4. The van der Waals surface area contributed by atoms with Crippen molar-refractivity contribution in [1.29, 1.82) is 0 Å². The molecule has 2 rings (SSSR count). The standard InChI is InChI=1S/C14H19NO2/c1-14(8-2-3-9-14)10-15-12-6-4-11(5-7-12)13(16)17/h4-7,15H,2-3,8-10H2,1H3,(H,16,17). The summed E-state index contributed by atoms with van der Waals surface area (Å²) in [5.74, 6) is -0.876. The molecule has 0 radical (unpaired) electrons. The fourth-order valence-corrected chi connectivity index (χ4v) is 2.45. The molecular formula is C14H19NO2. The van der Waals surface area contributed by atoms with Crippen LogP contribution in [-0.4, -0.2) is 17.6 Å². The van der Waals surface area contributed by atoms with Gasteiger partial charge in [0.25, 0.3) is 0 Å². The van der Waals surface area contributed by atoms with E-state index >= 15 is 0 Å². The Hall–Kier alpha value is -1.51. The molecule has 0 heterocycles. The van der Waals surface area contributed by atoms with Gasteiger partial charge < -0.3 is 10.4 Å². The number of anilines is 1. The molecule has 92 valence electrons. The van der Waals surface area contributed by atoms with Crippen LogP contribution in [0.4, 0.5) is 5.69 Å². The van der Waals surface area contributed by atoms with Crippen LogP contribution in [0, 0.1) is 5.41 Å². The van der Waals surface area contributed by atoms with Crippen LogP contribution in [-0.2, 0) is 0 Å². The molecule has 0 aliphatic heterocycles. The van der Waals surface area contributed by atoms with Gasteiger partial charge in [0, 0.05) is 12.2 Å². The van der Waals surface area contributed by atoms with Crippen LogP contribution in [0.3, 0.4) is 0 Å². The molecule has 1 aliphatic rings. The molecule has 0 atom stereocenters. The van der Waals surface area contributed by atoms with Gasteiger partial charge in [-0.2, -0.15) is 0 Å². The highest BCUT2D eigenvalue weighted by Gasteiger charge is 2.28. The fraction of sp³-hybridized carbons (Fsp3) is 0.500. The zero-order valence-electron chi connectivity index (χ0n) is 10.2. The van der Waals surface area contributed by atoms with Gasteiger partial charge in [-0.3, -0.25) is 0 Å². The highest BCUT2D eigenvalue weighted by molar-refractivity contribution is 5.87. The van der Waals surface area contributed by atoms with E-state index in [0.717, 1.165) is 12.2 Å². The van der Waals surface area contributed by atoms with E-state index in [0.29, 0.717) is 11.0 Å². The minimum atomic E-state index is -0.876. The number of carboxylic acid groups (broad SMARTS) is 1. The van der Waals surface area contributed by atoms with Gasteiger partial charge in [-0.1, -0.05) is 19.8 Å². The van der Waals surface area contributed by atoms with E-state index in [9.17, 15) is 4.79 Å². The largest absolute Gasteiger partial charge is 0.478 e. The third-order valence-corrected chi connectivity index (χ3v) is 3.66. The Morgan fingerprint density at radius 1 is 1.29 bits per heavy atom. The van der Waals surface area contributed by atoms with Crippen molar-refractivity contribution in [2.75, 3.05) is 11.9 Å². The SMILES string of the molecule is CC1(CNc2ccc(C(=O)O)cc2)CCCC1. The summed E-state index contributed by atoms with van der Waals surface area (Å²) in [5, 5.41) is 12.2. The van der Waals surface area contributed by atoms with Crippen LogP contribution in [0.1, 0.15) is 43.0 Å². The highest BCUT2D eigenvalue weighted by atomic mass is 16.4. The second-order valence-corrected chi connectivity index (χ2v) is 5.25. The van der Waals surface area contributed by atoms with Gasteiger partial charge >= 0.3 is 5.97 Å². The molecule has 1 aliphatic carbocycles. The summed E-state index contributed by atoms with van der Waals surface area (Å²) >= 11 is 0. The Balaban J connectivity index is 1.93. The van der Waals surface area contributed by atoms with Crippen LogP contribution in [0.5, 0.6) is 0 Å². The summed E-state index contributed by atoms with van der Waals surface area (Å²) in [6.45, 7) is 3.29. The summed E-state index contributed by atoms with van der Waals surface area (Å²) in [7, 11) is 0. The number of hydrogen-bond acceptors (Lipinski definition) is 2. The normalized spacial score (nSPS) is 17.9. The molecular weight excluding hydrogens is 214 g/mol. The van der Waals surface area contributed by atoms with Gasteiger partial charge in [-0.15, -0.1) is 0 Å². The van der Waals surface area contributed by atoms with Crippen molar-refractivity contribution in [2.45, 2.75) is 32.6 Å². The molecule has 0 bridgehead atoms. The number of hydrogen-bond donors (Lipinski definition) is 2. The molecule has 1 aromatic rings. The average Bonchev–Trinajstić information content (AvgIpc) is 2.75. The monoisotopic (exact) mass is 233 g/mol. The van der Waals surface area contributed by atoms with E-state index in [1.54, 1.807) is 12.1 Å². The van der Waals surface area contributed by atoms with Crippen LogP contribution >= 0.6 is 0 Å². The van der Waals surface area contributed by atoms with Crippen molar-refractivity contribution < 1.29 is 9.90 Å². The van der Waals surface area contributed by atoms with Gasteiger partial charge in [0.15, 0.2) is 0 Å². The molecule has 1 saturated carbocycles. The van der Waals surface area contributed by atoms with Gasteiger partial charge in [0.2, 0.25) is 0 Å². The lowest BCUT2D eigenvalue weighted by molar-refractivity contribution is 0.0697. The van der Waals surface area contributed by atoms with Crippen LogP contribution in [0.15, 0.2) is 24.3 Å². The molecule has 0 saturated heterocycles. The summed E-state index contributed by atoms with van der Waals surface area (Å²) in [6, 6.07) is 6.95. The molecule has 3 heteroatoms. The maximum atomic E-state index is 10.7. The first-order chi connectivity index (χ1) is 8.09. The summed E-state index contributed by atoms with van der Waals surface area (Å²) < 4.78 is 0. The summed E-state index contributed by atoms with van der Waals surface area (Å²) in [6.07, 6.45) is 5.23. The van der Waals surface area contributed by atoms with Crippen molar-refractivity contribution in [1.82, 2.24) is 0 Å². The minimum Gasteiger partial charge on any atom is -0.478 e. The molecule has 0 spiro atoms. The first kappa shape index (κ1) is 12.0. The van der Waals surface area contributed by atoms with E-state index in [1.807, 2.05) is 12.1 Å². The minimum absolute atomic E-state index is 0.336. The Bertz CT molecular complexity index is 391. The Morgan fingerprint density at radius 3 is 2.41 bits per heavy atom. The van der Waals surface area contributed by atoms with Crippen molar-refractivity contribution in [3.8, 4) is 0 Å². The van der Waals surface area contributed by atoms with E-state index in [2.05, 4.69) is 12.2 Å². The molecule has 17 heavy (non-hydrogen) atoms. The first-order valence-electron chi connectivity index (χ1n) is 6.16. The maximum Gasteiger partial charge on any atom is 0.335 e. The van der Waals surface area contributed by atoms with E-state index in [1.165, 1.54) is 25.7 Å². The van der Waals surface area contributed by atoms with Crippen LogP contribution in [0.25, 0.3) is 0 Å². The Kier molecular flexibility index (Phi) is 3.36. The first-order valence-corrected chi connectivity index (χ1v) is 6.16. The van der Waals surface area contributed by atoms with E-state index in [-0.39, 0.29) is 0 Å². The lowest BCUT2D eigenvalue weighted by atomic mass is 9.89. The van der Waals surface area contributed by atoms with Crippen LogP contribution in [0.2, 0.25) is 0 Å². The third-order valence-electron chi connectivity index (χ3n) is 3.66. The predicted octanol–water partition coefficient (Wildman–Crippen LogP) is 3.38. The Labute approximate surface area is 102 Å². The number of nitrogens with one attached hydrogen (secondary N) is 1. The molecule has 0 amide bonds. The number of carbonyl (C=O) groups is 1. The van der Waals surface area contributed by atoms with E-state index in [4.69, 9.17) is 5.11 Å². The number of benzene rings is 1. The van der Waals surface area contributed by atoms with E-state index < -0.39 is 5.97 Å². The quantitative estimate of drug-likeness (QED) is 0.838. The summed E-state index contributed by atoms with van der Waals surface area (Å²) in [4.78, 5) is 10.7. The average molecular weight is 233 g/mol. The third kappa shape index (κ3) is 2.99. The summed E-state index contributed by atoms with van der Waals surface area (Å²) in [5.41, 5.74) is 1.75. The topological polar surface area (TPSA) is 49.3 Å². The fourth-order valence-electron chi connectivity index (χ4n) is 2.45. The van der Waals surface area contributed by atoms with Crippen molar-refractivity contribution in [3.05, 3.63) is 29.8 Å². The molecule has 1 fully saturated rings. The molecule has 2 N–H and O–H groups in total. The van der Waals surface area contributed by atoms with Crippen LogP contribution < -0.4 is 5.32 Å². The second-order valence-electron chi connectivity index (χ2n) is 5.25. The van der Waals surface area contributed by atoms with Gasteiger partial charge in [-0.05, 0) is 42.5 Å².